The summed E-state index contributed by atoms with van der Waals surface area (Å²) < 4.78 is 5.39. The normalized spacial score (nSPS) is 30.5. The van der Waals surface area contributed by atoms with Crippen molar-refractivity contribution in [2.24, 2.45) is 0 Å². The van der Waals surface area contributed by atoms with Crippen LogP contribution in [-0.2, 0) is 4.74 Å². The molecule has 2 aliphatic heterocycles. The van der Waals surface area contributed by atoms with Gasteiger partial charge in [-0.1, -0.05) is 0 Å². The fourth-order valence-electron chi connectivity index (χ4n) is 2.32. The Kier molecular flexibility index (Phi) is 2.41. The average Bonchev–Trinajstić information content (AvgIpc) is 2.47. The van der Waals surface area contributed by atoms with Crippen molar-refractivity contribution in [2.75, 3.05) is 19.6 Å². The SMILES string of the molecule is CC(C)(C)OC(=O)N1CCC12CCNC2. The van der Waals surface area contributed by atoms with E-state index in [1.54, 1.807) is 0 Å². The zero-order valence-electron chi connectivity index (χ0n) is 9.80. The molecule has 0 aromatic heterocycles. The third-order valence-electron chi connectivity index (χ3n) is 3.21. The van der Waals surface area contributed by atoms with Crippen LogP contribution in [0.2, 0.25) is 0 Å². The Bertz CT molecular complexity index is 264. The van der Waals surface area contributed by atoms with Gasteiger partial charge < -0.3 is 15.0 Å². The van der Waals surface area contributed by atoms with Gasteiger partial charge in [0.2, 0.25) is 0 Å². The van der Waals surface area contributed by atoms with E-state index in [-0.39, 0.29) is 17.2 Å². The van der Waals surface area contributed by atoms with Gasteiger partial charge in [-0.2, -0.15) is 0 Å². The molecule has 0 saturated carbocycles. The van der Waals surface area contributed by atoms with E-state index in [1.165, 1.54) is 0 Å². The Labute approximate surface area is 91.0 Å². The van der Waals surface area contributed by atoms with Crippen molar-refractivity contribution < 1.29 is 9.53 Å². The Balaban J connectivity index is 1.97. The van der Waals surface area contributed by atoms with Crippen LogP contribution in [0.4, 0.5) is 4.79 Å². The number of amides is 1. The summed E-state index contributed by atoms with van der Waals surface area (Å²) in [4.78, 5) is 13.8. The molecule has 2 fully saturated rings. The van der Waals surface area contributed by atoms with Crippen molar-refractivity contribution in [1.82, 2.24) is 10.2 Å². The maximum Gasteiger partial charge on any atom is 0.410 e. The Hall–Kier alpha value is -0.770. The van der Waals surface area contributed by atoms with Crippen LogP contribution in [0.3, 0.4) is 0 Å². The number of hydrogen-bond donors (Lipinski definition) is 1. The number of nitrogens with zero attached hydrogens (tertiary/aromatic N) is 1. The average molecular weight is 212 g/mol. The molecule has 15 heavy (non-hydrogen) atoms. The lowest BCUT2D eigenvalue weighted by molar-refractivity contribution is -0.0369. The summed E-state index contributed by atoms with van der Waals surface area (Å²) in [5, 5.41) is 3.31. The number of ether oxygens (including phenoxy) is 1. The number of carbonyl (C=O) groups is 1. The second-order valence-corrected chi connectivity index (χ2v) is 5.53. The second-order valence-electron chi connectivity index (χ2n) is 5.53. The molecular weight excluding hydrogens is 192 g/mol. The molecule has 1 spiro atoms. The first-order valence-electron chi connectivity index (χ1n) is 5.64. The zero-order chi connectivity index (χ0) is 11.1. The molecule has 0 bridgehead atoms. The minimum atomic E-state index is -0.389. The molecule has 2 aliphatic rings. The molecule has 4 heteroatoms. The standard InChI is InChI=1S/C11H20N2O2/c1-10(2,3)15-9(14)13-7-5-11(13)4-6-12-8-11/h12H,4-8H2,1-3H3. The van der Waals surface area contributed by atoms with E-state index in [0.717, 1.165) is 32.5 Å². The number of likely N-dealkylation sites (tertiary alicyclic amines) is 1. The van der Waals surface area contributed by atoms with Gasteiger partial charge in [-0.15, -0.1) is 0 Å². The minimum Gasteiger partial charge on any atom is -0.444 e. The predicted octanol–water partition coefficient (Wildman–Crippen LogP) is 1.36. The van der Waals surface area contributed by atoms with Gasteiger partial charge in [0, 0.05) is 13.1 Å². The van der Waals surface area contributed by atoms with Crippen LogP contribution < -0.4 is 5.32 Å². The molecule has 0 radical (unpaired) electrons. The summed E-state index contributed by atoms with van der Waals surface area (Å²) in [7, 11) is 0. The molecule has 1 N–H and O–H groups in total. The van der Waals surface area contributed by atoms with Gasteiger partial charge in [-0.25, -0.2) is 4.79 Å². The lowest BCUT2D eigenvalue weighted by Gasteiger charge is -2.50. The number of carbonyl (C=O) groups excluding carboxylic acids is 1. The third kappa shape index (κ3) is 1.95. The molecule has 1 atom stereocenters. The highest BCUT2D eigenvalue weighted by Gasteiger charge is 2.50. The van der Waals surface area contributed by atoms with E-state index in [1.807, 2.05) is 25.7 Å². The number of hydrogen-bond acceptors (Lipinski definition) is 3. The first-order chi connectivity index (χ1) is 6.93. The van der Waals surface area contributed by atoms with Gasteiger partial charge in [0.05, 0.1) is 5.54 Å². The summed E-state index contributed by atoms with van der Waals surface area (Å²) in [5.74, 6) is 0. The van der Waals surface area contributed by atoms with Crippen molar-refractivity contribution in [3.63, 3.8) is 0 Å². The fourth-order valence-corrected chi connectivity index (χ4v) is 2.32. The molecule has 86 valence electrons. The molecule has 2 rings (SSSR count). The van der Waals surface area contributed by atoms with Gasteiger partial charge in [0.25, 0.3) is 0 Å². The van der Waals surface area contributed by atoms with E-state index >= 15 is 0 Å². The Morgan fingerprint density at radius 2 is 2.13 bits per heavy atom. The molecule has 2 heterocycles. The molecule has 0 aromatic rings. The van der Waals surface area contributed by atoms with Crippen molar-refractivity contribution in [1.29, 1.82) is 0 Å². The van der Waals surface area contributed by atoms with E-state index in [2.05, 4.69) is 5.32 Å². The summed E-state index contributed by atoms with van der Waals surface area (Å²) in [5.41, 5.74) is -0.317. The van der Waals surface area contributed by atoms with Gasteiger partial charge in [0.15, 0.2) is 0 Å². The summed E-state index contributed by atoms with van der Waals surface area (Å²) >= 11 is 0. The van der Waals surface area contributed by atoms with Crippen molar-refractivity contribution in [3.8, 4) is 0 Å². The van der Waals surface area contributed by atoms with E-state index in [0.29, 0.717) is 0 Å². The topological polar surface area (TPSA) is 41.6 Å². The maximum atomic E-state index is 11.9. The van der Waals surface area contributed by atoms with Gasteiger partial charge >= 0.3 is 6.09 Å². The van der Waals surface area contributed by atoms with E-state index in [4.69, 9.17) is 4.74 Å². The van der Waals surface area contributed by atoms with Crippen LogP contribution in [0.25, 0.3) is 0 Å². The highest BCUT2D eigenvalue weighted by Crippen LogP contribution is 2.36. The molecule has 2 saturated heterocycles. The van der Waals surface area contributed by atoms with Crippen molar-refractivity contribution >= 4 is 6.09 Å². The predicted molar refractivity (Wildman–Crippen MR) is 57.8 cm³/mol. The summed E-state index contributed by atoms with van der Waals surface area (Å²) in [6, 6.07) is 0. The van der Waals surface area contributed by atoms with Crippen molar-refractivity contribution in [2.45, 2.75) is 44.8 Å². The van der Waals surface area contributed by atoms with Crippen LogP contribution >= 0.6 is 0 Å². The molecule has 0 aromatic carbocycles. The number of nitrogens with one attached hydrogen (secondary N) is 1. The monoisotopic (exact) mass is 212 g/mol. The maximum absolute atomic E-state index is 11.9. The zero-order valence-corrected chi connectivity index (χ0v) is 9.80. The molecule has 1 unspecified atom stereocenters. The van der Waals surface area contributed by atoms with E-state index in [9.17, 15) is 4.79 Å². The lowest BCUT2D eigenvalue weighted by Crippen LogP contribution is -2.63. The molecule has 1 amide bonds. The first-order valence-corrected chi connectivity index (χ1v) is 5.64. The summed E-state index contributed by atoms with van der Waals surface area (Å²) in [6.45, 7) is 8.50. The third-order valence-corrected chi connectivity index (χ3v) is 3.21. The van der Waals surface area contributed by atoms with Gasteiger partial charge in [-0.05, 0) is 40.2 Å². The Morgan fingerprint density at radius 3 is 2.53 bits per heavy atom. The largest absolute Gasteiger partial charge is 0.444 e. The Morgan fingerprint density at radius 1 is 1.40 bits per heavy atom. The van der Waals surface area contributed by atoms with E-state index < -0.39 is 0 Å². The highest BCUT2D eigenvalue weighted by molar-refractivity contribution is 5.70. The van der Waals surface area contributed by atoms with Crippen molar-refractivity contribution in [3.05, 3.63) is 0 Å². The molecule has 4 nitrogen and oxygen atoms in total. The van der Waals surface area contributed by atoms with Crippen LogP contribution in [0.15, 0.2) is 0 Å². The van der Waals surface area contributed by atoms with Crippen LogP contribution in [-0.4, -0.2) is 41.8 Å². The van der Waals surface area contributed by atoms with Crippen LogP contribution in [0.5, 0.6) is 0 Å². The van der Waals surface area contributed by atoms with Crippen LogP contribution in [0, 0.1) is 0 Å². The quantitative estimate of drug-likeness (QED) is 0.659. The smallest absolute Gasteiger partial charge is 0.410 e. The lowest BCUT2D eigenvalue weighted by atomic mass is 9.84. The highest BCUT2D eigenvalue weighted by atomic mass is 16.6. The minimum absolute atomic E-state index is 0.0718. The molecular formula is C11H20N2O2. The number of rotatable bonds is 0. The van der Waals surface area contributed by atoms with Crippen LogP contribution in [0.1, 0.15) is 33.6 Å². The first kappa shape index (κ1) is 10.7. The summed E-state index contributed by atoms with van der Waals surface area (Å²) in [6.07, 6.45) is 2.02. The van der Waals surface area contributed by atoms with Gasteiger partial charge in [-0.3, -0.25) is 0 Å². The fraction of sp³-hybridized carbons (Fsp3) is 0.909. The molecule has 0 aliphatic carbocycles. The van der Waals surface area contributed by atoms with Gasteiger partial charge in [0.1, 0.15) is 5.60 Å². The second kappa shape index (κ2) is 3.37.